The Balaban J connectivity index is 1.81. The van der Waals surface area contributed by atoms with Gasteiger partial charge in [0.05, 0.1) is 27.1 Å². The third-order valence-corrected chi connectivity index (χ3v) is 5.42. The summed E-state index contributed by atoms with van der Waals surface area (Å²) in [6.07, 6.45) is 0. The fourth-order valence-electron chi connectivity index (χ4n) is 2.16. The molecular formula is C16H17N3O4S2. The molecule has 0 unspecified atom stereocenters. The molecule has 0 aliphatic carbocycles. The molecule has 0 amide bonds. The van der Waals surface area contributed by atoms with Crippen LogP contribution in [-0.2, 0) is 5.75 Å². The van der Waals surface area contributed by atoms with Crippen LogP contribution in [0.5, 0.6) is 17.2 Å². The minimum atomic E-state index is 0.394. The third kappa shape index (κ3) is 3.88. The van der Waals surface area contributed by atoms with E-state index in [1.807, 2.05) is 12.3 Å². The lowest BCUT2D eigenvalue weighted by molar-refractivity contribution is 0.324. The molecular weight excluding hydrogens is 362 g/mol. The second-order valence-electron chi connectivity index (χ2n) is 4.96. The molecule has 0 bridgehead atoms. The number of thiazole rings is 1. The number of aryl methyl sites for hydroxylation is 1. The van der Waals surface area contributed by atoms with E-state index in [0.29, 0.717) is 40.3 Å². The number of ether oxygens (including phenoxy) is 3. The number of hydrogen-bond acceptors (Lipinski definition) is 9. The lowest BCUT2D eigenvalue weighted by Crippen LogP contribution is -1.95. The van der Waals surface area contributed by atoms with Crippen molar-refractivity contribution in [3.8, 4) is 28.7 Å². The number of rotatable bonds is 7. The van der Waals surface area contributed by atoms with Crippen molar-refractivity contribution in [1.82, 2.24) is 15.2 Å². The van der Waals surface area contributed by atoms with Crippen molar-refractivity contribution in [2.24, 2.45) is 0 Å². The van der Waals surface area contributed by atoms with Crippen LogP contribution in [0.25, 0.3) is 11.5 Å². The van der Waals surface area contributed by atoms with Gasteiger partial charge in [-0.15, -0.1) is 21.5 Å². The van der Waals surface area contributed by atoms with Crippen molar-refractivity contribution in [3.63, 3.8) is 0 Å². The van der Waals surface area contributed by atoms with Gasteiger partial charge in [-0.05, 0) is 19.1 Å². The number of nitrogens with zero attached hydrogens (tertiary/aromatic N) is 3. The maximum Gasteiger partial charge on any atom is 0.248 e. The SMILES string of the molecule is COc1cc(-c2nnc(CSc3nc(C)cs3)o2)cc(OC)c1OC. The van der Waals surface area contributed by atoms with E-state index in [-0.39, 0.29) is 0 Å². The molecule has 1 aromatic carbocycles. The van der Waals surface area contributed by atoms with Crippen molar-refractivity contribution in [3.05, 3.63) is 29.1 Å². The summed E-state index contributed by atoms with van der Waals surface area (Å²) in [5.41, 5.74) is 1.71. The number of benzene rings is 1. The van der Waals surface area contributed by atoms with E-state index in [4.69, 9.17) is 18.6 Å². The normalized spacial score (nSPS) is 10.7. The van der Waals surface area contributed by atoms with Crippen LogP contribution in [-0.4, -0.2) is 36.5 Å². The molecule has 3 aromatic rings. The maximum absolute atomic E-state index is 5.75. The average molecular weight is 379 g/mol. The predicted octanol–water partition coefficient (Wildman–Crippen LogP) is 3.82. The summed E-state index contributed by atoms with van der Waals surface area (Å²) in [5, 5.41) is 10.2. The third-order valence-electron chi connectivity index (χ3n) is 3.30. The quantitative estimate of drug-likeness (QED) is 0.573. The van der Waals surface area contributed by atoms with Gasteiger partial charge in [0.25, 0.3) is 0 Å². The minimum Gasteiger partial charge on any atom is -0.493 e. The molecule has 0 aliphatic heterocycles. The summed E-state index contributed by atoms with van der Waals surface area (Å²) < 4.78 is 22.7. The predicted molar refractivity (Wildman–Crippen MR) is 95.8 cm³/mol. The molecule has 0 radical (unpaired) electrons. The summed E-state index contributed by atoms with van der Waals surface area (Å²) in [6, 6.07) is 3.55. The topological polar surface area (TPSA) is 79.5 Å². The van der Waals surface area contributed by atoms with E-state index >= 15 is 0 Å². The van der Waals surface area contributed by atoms with E-state index in [1.165, 1.54) is 0 Å². The Morgan fingerprint density at radius 2 is 1.80 bits per heavy atom. The van der Waals surface area contributed by atoms with Crippen molar-refractivity contribution < 1.29 is 18.6 Å². The van der Waals surface area contributed by atoms with Gasteiger partial charge in [-0.1, -0.05) is 11.8 Å². The number of methoxy groups -OCH3 is 3. The van der Waals surface area contributed by atoms with Crippen LogP contribution in [0, 0.1) is 6.92 Å². The summed E-state index contributed by atoms with van der Waals surface area (Å²) in [6.45, 7) is 1.97. The Kier molecular flexibility index (Phi) is 5.44. The van der Waals surface area contributed by atoms with Gasteiger partial charge in [-0.3, -0.25) is 0 Å². The van der Waals surface area contributed by atoms with E-state index < -0.39 is 0 Å². The first-order chi connectivity index (χ1) is 12.1. The fourth-order valence-corrected chi connectivity index (χ4v) is 3.84. The zero-order chi connectivity index (χ0) is 17.8. The molecule has 0 saturated heterocycles. The van der Waals surface area contributed by atoms with Gasteiger partial charge in [0.1, 0.15) is 0 Å². The lowest BCUT2D eigenvalue weighted by Gasteiger charge is -2.12. The molecule has 2 aromatic heterocycles. The summed E-state index contributed by atoms with van der Waals surface area (Å²) in [5.74, 6) is 3.06. The van der Waals surface area contributed by atoms with E-state index in [9.17, 15) is 0 Å². The van der Waals surface area contributed by atoms with Crippen LogP contribution in [0.4, 0.5) is 0 Å². The molecule has 0 spiro atoms. The van der Waals surface area contributed by atoms with Crippen LogP contribution in [0.3, 0.4) is 0 Å². The van der Waals surface area contributed by atoms with Gasteiger partial charge in [0, 0.05) is 16.6 Å². The fraction of sp³-hybridized carbons (Fsp3) is 0.312. The first-order valence-electron chi connectivity index (χ1n) is 7.32. The molecule has 7 nitrogen and oxygen atoms in total. The summed E-state index contributed by atoms with van der Waals surface area (Å²) >= 11 is 3.17. The van der Waals surface area contributed by atoms with Gasteiger partial charge in [-0.25, -0.2) is 4.98 Å². The van der Waals surface area contributed by atoms with Gasteiger partial charge in [0.15, 0.2) is 15.8 Å². The lowest BCUT2D eigenvalue weighted by atomic mass is 10.2. The van der Waals surface area contributed by atoms with Crippen LogP contribution >= 0.6 is 23.1 Å². The molecule has 0 aliphatic rings. The van der Waals surface area contributed by atoms with Crippen molar-refractivity contribution in [2.45, 2.75) is 17.0 Å². The molecule has 25 heavy (non-hydrogen) atoms. The minimum absolute atomic E-state index is 0.394. The maximum atomic E-state index is 5.75. The smallest absolute Gasteiger partial charge is 0.248 e. The Morgan fingerprint density at radius 1 is 1.08 bits per heavy atom. The highest BCUT2D eigenvalue weighted by molar-refractivity contribution is 8.00. The molecule has 2 heterocycles. The number of hydrogen-bond donors (Lipinski definition) is 0. The number of aromatic nitrogens is 3. The zero-order valence-corrected chi connectivity index (χ0v) is 15.9. The number of thioether (sulfide) groups is 1. The van der Waals surface area contributed by atoms with Crippen LogP contribution in [0.1, 0.15) is 11.6 Å². The van der Waals surface area contributed by atoms with Gasteiger partial charge in [0.2, 0.25) is 17.5 Å². The van der Waals surface area contributed by atoms with Crippen LogP contribution in [0.15, 0.2) is 26.3 Å². The largest absolute Gasteiger partial charge is 0.493 e. The van der Waals surface area contributed by atoms with Crippen molar-refractivity contribution in [1.29, 1.82) is 0 Å². The monoisotopic (exact) mass is 379 g/mol. The summed E-state index contributed by atoms with van der Waals surface area (Å²) in [4.78, 5) is 4.40. The molecule has 132 valence electrons. The molecule has 0 atom stereocenters. The second kappa shape index (κ2) is 7.75. The van der Waals surface area contributed by atoms with E-state index in [1.54, 1.807) is 56.6 Å². The van der Waals surface area contributed by atoms with Gasteiger partial charge < -0.3 is 18.6 Å². The van der Waals surface area contributed by atoms with E-state index in [2.05, 4.69) is 15.2 Å². The first kappa shape index (κ1) is 17.6. The summed E-state index contributed by atoms with van der Waals surface area (Å²) in [7, 11) is 4.68. The highest BCUT2D eigenvalue weighted by Crippen LogP contribution is 2.41. The molecule has 0 saturated carbocycles. The molecule has 3 rings (SSSR count). The van der Waals surface area contributed by atoms with Crippen molar-refractivity contribution in [2.75, 3.05) is 21.3 Å². The van der Waals surface area contributed by atoms with Crippen molar-refractivity contribution >= 4 is 23.1 Å². The highest BCUT2D eigenvalue weighted by atomic mass is 32.2. The van der Waals surface area contributed by atoms with Gasteiger partial charge in [-0.2, -0.15) is 0 Å². The van der Waals surface area contributed by atoms with Crippen LogP contribution < -0.4 is 14.2 Å². The average Bonchev–Trinajstić information content (AvgIpc) is 3.27. The second-order valence-corrected chi connectivity index (χ2v) is 7.04. The van der Waals surface area contributed by atoms with E-state index in [0.717, 1.165) is 10.0 Å². The highest BCUT2D eigenvalue weighted by Gasteiger charge is 2.17. The van der Waals surface area contributed by atoms with Crippen LogP contribution in [0.2, 0.25) is 0 Å². The Morgan fingerprint density at radius 3 is 2.36 bits per heavy atom. The molecule has 0 N–H and O–H groups in total. The zero-order valence-electron chi connectivity index (χ0n) is 14.2. The molecule has 9 heteroatoms. The van der Waals surface area contributed by atoms with Gasteiger partial charge >= 0.3 is 0 Å². The Hall–Kier alpha value is -2.26. The molecule has 0 fully saturated rings. The Labute approximate surface area is 153 Å². The standard InChI is InChI=1S/C16H17N3O4S2/c1-9-7-24-16(17-9)25-8-13-18-19-15(23-13)10-5-11(20-2)14(22-4)12(6-10)21-3/h5-7H,8H2,1-4H3. The first-order valence-corrected chi connectivity index (χ1v) is 9.18. The Bertz CT molecular complexity index is 838.